The number of benzene rings is 1. The van der Waals surface area contributed by atoms with Crippen LogP contribution < -0.4 is 11.1 Å². The number of carbonyl (C=O) groups excluding carboxylic acids is 1. The molecule has 1 amide bonds. The average molecular weight is 296 g/mol. The van der Waals surface area contributed by atoms with Crippen molar-refractivity contribution in [3.05, 3.63) is 23.2 Å². The van der Waals surface area contributed by atoms with Gasteiger partial charge < -0.3 is 11.1 Å². The first-order valence-electron chi connectivity index (χ1n) is 7.01. The van der Waals surface area contributed by atoms with Gasteiger partial charge in [-0.1, -0.05) is 25.4 Å². The topological polar surface area (TPSA) is 58.4 Å². The van der Waals surface area contributed by atoms with E-state index in [1.54, 1.807) is 18.2 Å². The molecule has 0 saturated carbocycles. The number of hydrogen-bond acceptors (Lipinski definition) is 3. The monoisotopic (exact) mass is 295 g/mol. The molecule has 0 bridgehead atoms. The molecule has 1 aromatic rings. The lowest BCUT2D eigenvalue weighted by molar-refractivity contribution is -0.117. The van der Waals surface area contributed by atoms with E-state index < -0.39 is 0 Å². The number of amides is 1. The fraction of sp³-hybridized carbons (Fsp3) is 0.533. The van der Waals surface area contributed by atoms with Crippen molar-refractivity contribution in [3.63, 3.8) is 0 Å². The van der Waals surface area contributed by atoms with Crippen LogP contribution in [0.2, 0.25) is 5.02 Å². The first kappa shape index (κ1) is 15.1. The molecule has 5 heteroatoms. The number of nitrogens with one attached hydrogen (secondary N) is 1. The van der Waals surface area contributed by atoms with E-state index in [4.69, 9.17) is 17.3 Å². The Morgan fingerprint density at radius 1 is 1.40 bits per heavy atom. The summed E-state index contributed by atoms with van der Waals surface area (Å²) in [6.45, 7) is 6.82. The summed E-state index contributed by atoms with van der Waals surface area (Å²) in [6, 6.07) is 5.08. The van der Waals surface area contributed by atoms with Crippen LogP contribution in [0.3, 0.4) is 0 Å². The van der Waals surface area contributed by atoms with Crippen molar-refractivity contribution in [2.45, 2.75) is 20.3 Å². The molecule has 1 aromatic carbocycles. The third-order valence-electron chi connectivity index (χ3n) is 3.60. The first-order valence-corrected chi connectivity index (χ1v) is 7.39. The molecule has 0 spiro atoms. The lowest BCUT2D eigenvalue weighted by Gasteiger charge is -2.34. The average Bonchev–Trinajstić information content (AvgIpc) is 2.32. The van der Waals surface area contributed by atoms with Crippen LogP contribution in [0.4, 0.5) is 11.4 Å². The smallest absolute Gasteiger partial charge is 0.238 e. The Labute approximate surface area is 125 Å². The molecule has 1 aliphatic heterocycles. The third kappa shape index (κ3) is 4.12. The molecule has 0 radical (unpaired) electrons. The minimum atomic E-state index is -0.0414. The molecule has 2 atom stereocenters. The Morgan fingerprint density at radius 3 is 2.70 bits per heavy atom. The SMILES string of the molecule is CC1CC(C)CN(CC(=O)Nc2cc(Cl)ccc2N)C1. The minimum Gasteiger partial charge on any atom is -0.397 e. The Morgan fingerprint density at radius 2 is 2.05 bits per heavy atom. The Kier molecular flexibility index (Phi) is 4.89. The zero-order chi connectivity index (χ0) is 14.7. The Hall–Kier alpha value is -1.26. The fourth-order valence-corrected chi connectivity index (χ4v) is 3.12. The molecule has 2 rings (SSSR count). The van der Waals surface area contributed by atoms with E-state index in [1.807, 2.05) is 0 Å². The van der Waals surface area contributed by atoms with Crippen LogP contribution in [0.15, 0.2) is 18.2 Å². The highest BCUT2D eigenvalue weighted by Gasteiger charge is 2.23. The van der Waals surface area contributed by atoms with Gasteiger partial charge in [0.05, 0.1) is 17.9 Å². The van der Waals surface area contributed by atoms with E-state index in [0.717, 1.165) is 13.1 Å². The molecule has 0 aromatic heterocycles. The van der Waals surface area contributed by atoms with E-state index in [9.17, 15) is 4.79 Å². The number of carbonyl (C=O) groups is 1. The molecule has 110 valence electrons. The van der Waals surface area contributed by atoms with Gasteiger partial charge in [-0.25, -0.2) is 0 Å². The van der Waals surface area contributed by atoms with Crippen LogP contribution in [0.1, 0.15) is 20.3 Å². The minimum absolute atomic E-state index is 0.0414. The van der Waals surface area contributed by atoms with E-state index in [1.165, 1.54) is 6.42 Å². The number of rotatable bonds is 3. The molecule has 20 heavy (non-hydrogen) atoms. The zero-order valence-electron chi connectivity index (χ0n) is 12.0. The first-order chi connectivity index (χ1) is 9.44. The maximum atomic E-state index is 12.1. The maximum Gasteiger partial charge on any atom is 0.238 e. The van der Waals surface area contributed by atoms with E-state index in [-0.39, 0.29) is 5.91 Å². The molecule has 1 heterocycles. The lowest BCUT2D eigenvalue weighted by Crippen LogP contribution is -2.42. The lowest BCUT2D eigenvalue weighted by atomic mass is 9.92. The summed E-state index contributed by atoms with van der Waals surface area (Å²) in [5.74, 6) is 1.24. The van der Waals surface area contributed by atoms with Crippen LogP contribution in [0.5, 0.6) is 0 Å². The van der Waals surface area contributed by atoms with Gasteiger partial charge in [0, 0.05) is 18.1 Å². The predicted octanol–water partition coefficient (Wildman–Crippen LogP) is 2.84. The number of likely N-dealkylation sites (tertiary alicyclic amines) is 1. The van der Waals surface area contributed by atoms with Gasteiger partial charge in [-0.2, -0.15) is 0 Å². The number of hydrogen-bond donors (Lipinski definition) is 2. The van der Waals surface area contributed by atoms with Gasteiger partial charge in [0.1, 0.15) is 0 Å². The highest BCUT2D eigenvalue weighted by Crippen LogP contribution is 2.24. The van der Waals surface area contributed by atoms with Gasteiger partial charge in [0.25, 0.3) is 0 Å². The summed E-state index contributed by atoms with van der Waals surface area (Å²) < 4.78 is 0. The third-order valence-corrected chi connectivity index (χ3v) is 3.84. The van der Waals surface area contributed by atoms with Crippen LogP contribution in [0.25, 0.3) is 0 Å². The zero-order valence-corrected chi connectivity index (χ0v) is 12.8. The molecule has 3 N–H and O–H groups in total. The molecule has 1 fully saturated rings. The van der Waals surface area contributed by atoms with Gasteiger partial charge in [0.15, 0.2) is 0 Å². The maximum absolute atomic E-state index is 12.1. The number of nitrogen functional groups attached to an aromatic ring is 1. The largest absolute Gasteiger partial charge is 0.397 e. The van der Waals surface area contributed by atoms with Gasteiger partial charge in [-0.15, -0.1) is 0 Å². The molecule has 4 nitrogen and oxygen atoms in total. The number of halogens is 1. The van der Waals surface area contributed by atoms with E-state index >= 15 is 0 Å². The summed E-state index contributed by atoms with van der Waals surface area (Å²) in [4.78, 5) is 14.3. The van der Waals surface area contributed by atoms with Crippen molar-refractivity contribution in [1.82, 2.24) is 4.90 Å². The van der Waals surface area contributed by atoms with Crippen LogP contribution in [-0.4, -0.2) is 30.4 Å². The van der Waals surface area contributed by atoms with Crippen LogP contribution >= 0.6 is 11.6 Å². The standard InChI is InChI=1S/C15H22ClN3O/c1-10-5-11(2)8-19(7-10)9-15(20)18-14-6-12(16)3-4-13(14)17/h3-4,6,10-11H,5,7-9,17H2,1-2H3,(H,18,20). The normalized spacial score (nSPS) is 23.6. The second-order valence-corrected chi connectivity index (χ2v) is 6.36. The summed E-state index contributed by atoms with van der Waals surface area (Å²) in [5.41, 5.74) is 6.94. The molecule has 1 saturated heterocycles. The van der Waals surface area contributed by atoms with Gasteiger partial charge in [0.2, 0.25) is 5.91 Å². The molecular formula is C15H22ClN3O. The molecule has 2 unspecified atom stereocenters. The highest BCUT2D eigenvalue weighted by molar-refractivity contribution is 6.31. The molecule has 0 aliphatic carbocycles. The van der Waals surface area contributed by atoms with Crippen molar-refractivity contribution >= 4 is 28.9 Å². The fourth-order valence-electron chi connectivity index (χ4n) is 2.95. The second-order valence-electron chi connectivity index (χ2n) is 5.92. The summed E-state index contributed by atoms with van der Waals surface area (Å²) in [7, 11) is 0. The van der Waals surface area contributed by atoms with Crippen molar-refractivity contribution in [2.75, 3.05) is 30.7 Å². The van der Waals surface area contributed by atoms with Crippen molar-refractivity contribution in [1.29, 1.82) is 0 Å². The van der Waals surface area contributed by atoms with E-state index in [0.29, 0.717) is 34.8 Å². The summed E-state index contributed by atoms with van der Waals surface area (Å²) in [5, 5.41) is 3.40. The van der Waals surface area contributed by atoms with Crippen LogP contribution in [-0.2, 0) is 4.79 Å². The Bertz CT molecular complexity index is 482. The number of piperidine rings is 1. The van der Waals surface area contributed by atoms with Crippen LogP contribution in [0, 0.1) is 11.8 Å². The van der Waals surface area contributed by atoms with Crippen molar-refractivity contribution < 1.29 is 4.79 Å². The van der Waals surface area contributed by atoms with E-state index in [2.05, 4.69) is 24.1 Å². The van der Waals surface area contributed by atoms with Gasteiger partial charge >= 0.3 is 0 Å². The number of anilines is 2. The highest BCUT2D eigenvalue weighted by atomic mass is 35.5. The Balaban J connectivity index is 1.93. The van der Waals surface area contributed by atoms with Crippen molar-refractivity contribution in [2.24, 2.45) is 11.8 Å². The number of nitrogens with two attached hydrogens (primary N) is 1. The second kappa shape index (κ2) is 6.46. The summed E-state index contributed by atoms with van der Waals surface area (Å²) in [6.07, 6.45) is 1.24. The summed E-state index contributed by atoms with van der Waals surface area (Å²) >= 11 is 5.91. The van der Waals surface area contributed by atoms with Gasteiger partial charge in [-0.3, -0.25) is 9.69 Å². The quantitative estimate of drug-likeness (QED) is 0.843. The van der Waals surface area contributed by atoms with Gasteiger partial charge in [-0.05, 0) is 36.5 Å². The number of nitrogens with zero attached hydrogens (tertiary/aromatic N) is 1. The predicted molar refractivity (Wildman–Crippen MR) is 83.9 cm³/mol. The molecule has 1 aliphatic rings. The van der Waals surface area contributed by atoms with Crippen molar-refractivity contribution in [3.8, 4) is 0 Å². The molecular weight excluding hydrogens is 274 g/mol.